The first kappa shape index (κ1) is 15.6. The Hall–Kier alpha value is -1.31. The molecule has 1 aliphatic carbocycles. The van der Waals surface area contributed by atoms with E-state index in [0.29, 0.717) is 55.1 Å². The van der Waals surface area contributed by atoms with Crippen LogP contribution in [0.3, 0.4) is 0 Å². The highest BCUT2D eigenvalue weighted by Crippen LogP contribution is 2.32. The van der Waals surface area contributed by atoms with E-state index in [9.17, 15) is 8.42 Å². The third-order valence-corrected chi connectivity index (χ3v) is 5.54. The Kier molecular flexibility index (Phi) is 4.56. The van der Waals surface area contributed by atoms with Gasteiger partial charge in [0.1, 0.15) is 10.6 Å². The largest absolute Gasteiger partial charge is 0.497 e. The summed E-state index contributed by atoms with van der Waals surface area (Å²) >= 11 is 0. The number of morpholine rings is 1. The van der Waals surface area contributed by atoms with Crippen molar-refractivity contribution in [2.24, 2.45) is 5.92 Å². The van der Waals surface area contributed by atoms with Gasteiger partial charge in [-0.1, -0.05) is 0 Å². The van der Waals surface area contributed by atoms with Crippen molar-refractivity contribution in [3.8, 4) is 5.75 Å². The first-order valence-electron chi connectivity index (χ1n) is 7.60. The van der Waals surface area contributed by atoms with Crippen molar-refractivity contribution in [3.05, 3.63) is 18.2 Å². The van der Waals surface area contributed by atoms with Gasteiger partial charge >= 0.3 is 0 Å². The van der Waals surface area contributed by atoms with Crippen molar-refractivity contribution >= 4 is 15.7 Å². The van der Waals surface area contributed by atoms with Crippen LogP contribution in [-0.2, 0) is 14.8 Å². The second kappa shape index (κ2) is 6.44. The van der Waals surface area contributed by atoms with E-state index < -0.39 is 10.0 Å². The average Bonchev–Trinajstić information content (AvgIpc) is 3.38. The summed E-state index contributed by atoms with van der Waals surface area (Å²) in [6.45, 7) is 3.09. The van der Waals surface area contributed by atoms with Gasteiger partial charge in [-0.15, -0.1) is 0 Å². The Morgan fingerprint density at radius 3 is 2.68 bits per heavy atom. The van der Waals surface area contributed by atoms with E-state index in [-0.39, 0.29) is 0 Å². The zero-order valence-corrected chi connectivity index (χ0v) is 13.6. The Labute approximate surface area is 131 Å². The maximum atomic E-state index is 12.6. The standard InChI is InChI=1S/C15H22N2O4S/c1-20-13-4-5-15(22(18,19)16-11-12-2-3-12)14(10-13)17-6-8-21-9-7-17/h4-5,10,12,16H,2-3,6-9,11H2,1H3. The fraction of sp³-hybridized carbons (Fsp3) is 0.600. The number of ether oxygens (including phenoxy) is 2. The highest BCUT2D eigenvalue weighted by atomic mass is 32.2. The van der Waals surface area contributed by atoms with Gasteiger partial charge in [0.05, 0.1) is 26.0 Å². The number of benzene rings is 1. The van der Waals surface area contributed by atoms with E-state index in [1.165, 1.54) is 0 Å². The first-order valence-corrected chi connectivity index (χ1v) is 9.09. The lowest BCUT2D eigenvalue weighted by molar-refractivity contribution is 0.122. The van der Waals surface area contributed by atoms with Crippen LogP contribution < -0.4 is 14.4 Å². The SMILES string of the molecule is COc1ccc(S(=O)(=O)NCC2CC2)c(N2CCOCC2)c1. The molecule has 6 nitrogen and oxygen atoms in total. The molecule has 0 spiro atoms. The van der Waals surface area contributed by atoms with Crippen molar-refractivity contribution in [1.82, 2.24) is 4.72 Å². The minimum absolute atomic E-state index is 0.316. The zero-order chi connectivity index (χ0) is 15.6. The molecule has 0 amide bonds. The zero-order valence-electron chi connectivity index (χ0n) is 12.7. The number of nitrogens with zero attached hydrogens (tertiary/aromatic N) is 1. The molecule has 0 aromatic heterocycles. The van der Waals surface area contributed by atoms with Crippen LogP contribution >= 0.6 is 0 Å². The highest BCUT2D eigenvalue weighted by Gasteiger charge is 2.27. The summed E-state index contributed by atoms with van der Waals surface area (Å²) in [5.41, 5.74) is 0.686. The predicted molar refractivity (Wildman–Crippen MR) is 83.9 cm³/mol. The molecule has 2 fully saturated rings. The van der Waals surface area contributed by atoms with E-state index in [1.807, 2.05) is 4.90 Å². The van der Waals surface area contributed by atoms with E-state index in [0.717, 1.165) is 12.8 Å². The summed E-state index contributed by atoms with van der Waals surface area (Å²) in [5.74, 6) is 1.16. The third kappa shape index (κ3) is 3.53. The lowest BCUT2D eigenvalue weighted by Crippen LogP contribution is -2.38. The van der Waals surface area contributed by atoms with Crippen molar-refractivity contribution < 1.29 is 17.9 Å². The molecule has 0 bridgehead atoms. The van der Waals surface area contributed by atoms with Crippen LogP contribution in [0.15, 0.2) is 23.1 Å². The second-order valence-corrected chi connectivity index (χ2v) is 7.46. The van der Waals surface area contributed by atoms with Gasteiger partial charge in [-0.2, -0.15) is 0 Å². The normalized spacial score (nSPS) is 19.2. The van der Waals surface area contributed by atoms with Gasteiger partial charge in [0.15, 0.2) is 0 Å². The highest BCUT2D eigenvalue weighted by molar-refractivity contribution is 7.89. The second-order valence-electron chi connectivity index (χ2n) is 5.73. The van der Waals surface area contributed by atoms with Crippen LogP contribution in [0.1, 0.15) is 12.8 Å². The fourth-order valence-electron chi connectivity index (χ4n) is 2.53. The van der Waals surface area contributed by atoms with E-state index in [1.54, 1.807) is 25.3 Å². The quantitative estimate of drug-likeness (QED) is 0.851. The van der Waals surface area contributed by atoms with Gasteiger partial charge in [-0.3, -0.25) is 0 Å². The van der Waals surface area contributed by atoms with Crippen molar-refractivity contribution in [1.29, 1.82) is 0 Å². The number of sulfonamides is 1. The number of methoxy groups -OCH3 is 1. The summed E-state index contributed by atoms with van der Waals surface area (Å²) in [6, 6.07) is 5.10. The van der Waals surface area contributed by atoms with Crippen LogP contribution in [-0.4, -0.2) is 48.4 Å². The molecule has 1 N–H and O–H groups in total. The molecule has 3 rings (SSSR count). The van der Waals surface area contributed by atoms with Gasteiger partial charge in [0.25, 0.3) is 0 Å². The molecule has 122 valence electrons. The van der Waals surface area contributed by atoms with Crippen molar-refractivity contribution in [2.45, 2.75) is 17.7 Å². The van der Waals surface area contributed by atoms with Crippen LogP contribution in [0.2, 0.25) is 0 Å². The molecule has 7 heteroatoms. The Morgan fingerprint density at radius 2 is 2.05 bits per heavy atom. The van der Waals surface area contributed by atoms with E-state index >= 15 is 0 Å². The first-order chi connectivity index (χ1) is 10.6. The monoisotopic (exact) mass is 326 g/mol. The van der Waals surface area contributed by atoms with Crippen LogP contribution in [0.5, 0.6) is 5.75 Å². The number of hydrogen-bond acceptors (Lipinski definition) is 5. The molecular weight excluding hydrogens is 304 g/mol. The third-order valence-electron chi connectivity index (χ3n) is 4.07. The van der Waals surface area contributed by atoms with Crippen LogP contribution in [0.25, 0.3) is 0 Å². The maximum absolute atomic E-state index is 12.6. The molecule has 22 heavy (non-hydrogen) atoms. The maximum Gasteiger partial charge on any atom is 0.242 e. The number of nitrogens with one attached hydrogen (secondary N) is 1. The van der Waals surface area contributed by atoms with Crippen LogP contribution in [0, 0.1) is 5.92 Å². The number of anilines is 1. The van der Waals surface area contributed by atoms with Gasteiger partial charge < -0.3 is 14.4 Å². The minimum Gasteiger partial charge on any atom is -0.497 e. The molecule has 1 heterocycles. The van der Waals surface area contributed by atoms with Crippen LogP contribution in [0.4, 0.5) is 5.69 Å². The van der Waals surface area contributed by atoms with Gasteiger partial charge in [-0.25, -0.2) is 13.1 Å². The topological polar surface area (TPSA) is 67.9 Å². The van der Waals surface area contributed by atoms with Gasteiger partial charge in [-0.05, 0) is 30.9 Å². The van der Waals surface area contributed by atoms with E-state index in [4.69, 9.17) is 9.47 Å². The molecule has 1 aliphatic heterocycles. The molecule has 0 atom stereocenters. The molecule has 1 saturated heterocycles. The molecule has 1 aromatic rings. The molecular formula is C15H22N2O4S. The lowest BCUT2D eigenvalue weighted by Gasteiger charge is -2.30. The lowest BCUT2D eigenvalue weighted by atomic mass is 10.2. The summed E-state index contributed by atoms with van der Waals surface area (Å²) in [6.07, 6.45) is 2.23. The van der Waals surface area contributed by atoms with Gasteiger partial charge in [0.2, 0.25) is 10.0 Å². The Balaban J connectivity index is 1.90. The van der Waals surface area contributed by atoms with Gasteiger partial charge in [0, 0.05) is 25.7 Å². The summed E-state index contributed by atoms with van der Waals surface area (Å²) in [5, 5.41) is 0. The fourth-order valence-corrected chi connectivity index (χ4v) is 3.85. The Bertz CT molecular complexity index is 622. The Morgan fingerprint density at radius 1 is 1.32 bits per heavy atom. The minimum atomic E-state index is -3.51. The molecule has 1 aromatic carbocycles. The summed E-state index contributed by atoms with van der Waals surface area (Å²) in [4.78, 5) is 2.35. The van der Waals surface area contributed by atoms with Crippen molar-refractivity contribution in [2.75, 3.05) is 44.9 Å². The summed E-state index contributed by atoms with van der Waals surface area (Å²) in [7, 11) is -1.93. The molecule has 0 radical (unpaired) electrons. The predicted octanol–water partition coefficient (Wildman–Crippen LogP) is 1.22. The number of rotatable bonds is 6. The van der Waals surface area contributed by atoms with E-state index in [2.05, 4.69) is 4.72 Å². The molecule has 2 aliphatic rings. The average molecular weight is 326 g/mol. The molecule has 1 saturated carbocycles. The summed E-state index contributed by atoms with van der Waals surface area (Å²) < 4.78 is 38.6. The number of hydrogen-bond donors (Lipinski definition) is 1. The van der Waals surface area contributed by atoms with Crippen molar-refractivity contribution in [3.63, 3.8) is 0 Å². The molecule has 0 unspecified atom stereocenters. The smallest absolute Gasteiger partial charge is 0.242 e.